The van der Waals surface area contributed by atoms with Crippen LogP contribution in [0, 0.1) is 6.92 Å². The zero-order chi connectivity index (χ0) is 15.9. The lowest BCUT2D eigenvalue weighted by Crippen LogP contribution is -2.24. The first-order valence-electron chi connectivity index (χ1n) is 6.54. The highest BCUT2D eigenvalue weighted by Gasteiger charge is 2.14. The molecule has 0 spiro atoms. The van der Waals surface area contributed by atoms with Gasteiger partial charge in [0, 0.05) is 26.6 Å². The SMILES string of the molecule is Cc1c(-c2cccc(Cl)c2)nc2ccc(Cl)cc2c1C(=O)[O-]. The van der Waals surface area contributed by atoms with E-state index >= 15 is 0 Å². The van der Waals surface area contributed by atoms with Crippen molar-refractivity contribution in [2.24, 2.45) is 0 Å². The fraction of sp³-hybridized carbons (Fsp3) is 0.0588. The molecule has 110 valence electrons. The number of carboxylic acids is 1. The molecule has 0 unspecified atom stereocenters. The largest absolute Gasteiger partial charge is 0.545 e. The van der Waals surface area contributed by atoms with Gasteiger partial charge < -0.3 is 9.90 Å². The van der Waals surface area contributed by atoms with Crippen molar-refractivity contribution >= 4 is 40.1 Å². The molecular formula is C17H10Cl2NO2-. The Balaban J connectivity index is 2.40. The van der Waals surface area contributed by atoms with E-state index in [9.17, 15) is 9.90 Å². The number of hydrogen-bond acceptors (Lipinski definition) is 3. The Morgan fingerprint density at radius 2 is 1.82 bits per heavy atom. The molecule has 0 bridgehead atoms. The second-order valence-electron chi connectivity index (χ2n) is 4.92. The van der Waals surface area contributed by atoms with Gasteiger partial charge >= 0.3 is 0 Å². The van der Waals surface area contributed by atoms with Crippen molar-refractivity contribution in [3.8, 4) is 11.3 Å². The van der Waals surface area contributed by atoms with Gasteiger partial charge in [0.25, 0.3) is 0 Å². The fourth-order valence-corrected chi connectivity index (χ4v) is 2.87. The van der Waals surface area contributed by atoms with Gasteiger partial charge in [0.05, 0.1) is 17.2 Å². The number of halogens is 2. The topological polar surface area (TPSA) is 53.0 Å². The van der Waals surface area contributed by atoms with Gasteiger partial charge in [0.2, 0.25) is 0 Å². The first-order chi connectivity index (χ1) is 10.5. The van der Waals surface area contributed by atoms with E-state index in [0.717, 1.165) is 5.56 Å². The van der Waals surface area contributed by atoms with Gasteiger partial charge in [-0.05, 0) is 42.8 Å². The summed E-state index contributed by atoms with van der Waals surface area (Å²) in [7, 11) is 0. The lowest BCUT2D eigenvalue weighted by Gasteiger charge is -2.15. The van der Waals surface area contributed by atoms with Gasteiger partial charge in [0.1, 0.15) is 0 Å². The summed E-state index contributed by atoms with van der Waals surface area (Å²) >= 11 is 12.0. The van der Waals surface area contributed by atoms with E-state index in [1.807, 2.05) is 6.07 Å². The Labute approximate surface area is 137 Å². The molecule has 3 aromatic rings. The van der Waals surface area contributed by atoms with Crippen LogP contribution >= 0.6 is 23.2 Å². The van der Waals surface area contributed by atoms with Crippen molar-refractivity contribution in [3.05, 3.63) is 63.6 Å². The van der Waals surface area contributed by atoms with Crippen LogP contribution in [0.1, 0.15) is 15.9 Å². The number of pyridine rings is 1. The summed E-state index contributed by atoms with van der Waals surface area (Å²) in [6.45, 7) is 1.70. The van der Waals surface area contributed by atoms with E-state index in [1.165, 1.54) is 0 Å². The van der Waals surface area contributed by atoms with Crippen LogP contribution < -0.4 is 5.11 Å². The van der Waals surface area contributed by atoms with Crippen LogP contribution in [-0.2, 0) is 0 Å². The molecule has 5 heteroatoms. The first kappa shape index (κ1) is 14.8. The molecule has 0 saturated carbocycles. The Hall–Kier alpha value is -2.10. The third kappa shape index (κ3) is 2.54. The predicted octanol–water partition coefficient (Wildman–Crippen LogP) is 3.88. The minimum Gasteiger partial charge on any atom is -0.545 e. The zero-order valence-electron chi connectivity index (χ0n) is 11.6. The molecule has 0 aliphatic carbocycles. The number of aromatic carboxylic acids is 1. The van der Waals surface area contributed by atoms with Crippen LogP contribution in [0.2, 0.25) is 10.0 Å². The highest BCUT2D eigenvalue weighted by atomic mass is 35.5. The van der Waals surface area contributed by atoms with Crippen LogP contribution in [0.15, 0.2) is 42.5 Å². The molecule has 3 nitrogen and oxygen atoms in total. The maximum Gasteiger partial charge on any atom is 0.0746 e. The molecule has 0 N–H and O–H groups in total. The number of nitrogens with zero attached hydrogens (tertiary/aromatic N) is 1. The number of rotatable bonds is 2. The molecule has 2 aromatic carbocycles. The Bertz CT molecular complexity index is 907. The number of carbonyl (C=O) groups excluding carboxylic acids is 1. The Morgan fingerprint density at radius 3 is 2.50 bits per heavy atom. The van der Waals surface area contributed by atoms with Crippen molar-refractivity contribution in [2.75, 3.05) is 0 Å². The van der Waals surface area contributed by atoms with Gasteiger partial charge in [-0.25, -0.2) is 4.98 Å². The van der Waals surface area contributed by atoms with E-state index in [1.54, 1.807) is 43.3 Å². The summed E-state index contributed by atoms with van der Waals surface area (Å²) in [4.78, 5) is 16.2. The van der Waals surface area contributed by atoms with Crippen molar-refractivity contribution in [1.29, 1.82) is 0 Å². The minimum atomic E-state index is -1.25. The molecule has 22 heavy (non-hydrogen) atoms. The van der Waals surface area contributed by atoms with Crippen LogP contribution in [0.25, 0.3) is 22.2 Å². The fourth-order valence-electron chi connectivity index (χ4n) is 2.51. The maximum atomic E-state index is 11.6. The quantitative estimate of drug-likeness (QED) is 0.716. The molecule has 3 rings (SSSR count). The summed E-state index contributed by atoms with van der Waals surface area (Å²) < 4.78 is 0. The summed E-state index contributed by atoms with van der Waals surface area (Å²) in [5, 5.41) is 13.1. The molecule has 0 aliphatic heterocycles. The van der Waals surface area contributed by atoms with E-state index in [-0.39, 0.29) is 5.56 Å². The number of fused-ring (bicyclic) bond motifs is 1. The standard InChI is InChI=1S/C17H11Cl2NO2/c1-9-15(17(21)22)13-8-12(19)5-6-14(13)20-16(9)10-3-2-4-11(18)7-10/h2-8H,1H3,(H,21,22)/p-1. The van der Waals surface area contributed by atoms with Crippen molar-refractivity contribution in [3.63, 3.8) is 0 Å². The van der Waals surface area contributed by atoms with Gasteiger partial charge in [-0.1, -0.05) is 35.3 Å². The lowest BCUT2D eigenvalue weighted by atomic mass is 9.98. The molecule has 0 aliphatic rings. The monoisotopic (exact) mass is 330 g/mol. The smallest absolute Gasteiger partial charge is 0.0746 e. The molecule has 0 radical (unpaired) electrons. The first-order valence-corrected chi connectivity index (χ1v) is 7.30. The molecule has 0 fully saturated rings. The van der Waals surface area contributed by atoms with E-state index in [4.69, 9.17) is 23.2 Å². The molecule has 1 heterocycles. The summed E-state index contributed by atoms with van der Waals surface area (Å²) in [6.07, 6.45) is 0. The average Bonchev–Trinajstić information content (AvgIpc) is 2.46. The van der Waals surface area contributed by atoms with Gasteiger partial charge in [-0.15, -0.1) is 0 Å². The number of carbonyl (C=O) groups is 1. The van der Waals surface area contributed by atoms with E-state index < -0.39 is 5.97 Å². The third-order valence-corrected chi connectivity index (χ3v) is 3.96. The summed E-state index contributed by atoms with van der Waals surface area (Å²) in [5.41, 5.74) is 2.49. The van der Waals surface area contributed by atoms with Crippen molar-refractivity contribution in [2.45, 2.75) is 6.92 Å². The van der Waals surface area contributed by atoms with Crippen molar-refractivity contribution in [1.82, 2.24) is 4.98 Å². The zero-order valence-corrected chi connectivity index (χ0v) is 13.1. The molecule has 0 amide bonds. The van der Waals surface area contributed by atoms with Crippen LogP contribution in [-0.4, -0.2) is 11.0 Å². The molecule has 0 saturated heterocycles. The van der Waals surface area contributed by atoms with E-state index in [2.05, 4.69) is 4.98 Å². The highest BCUT2D eigenvalue weighted by Crippen LogP contribution is 2.31. The number of benzene rings is 2. The lowest BCUT2D eigenvalue weighted by molar-refractivity contribution is -0.254. The number of hydrogen-bond donors (Lipinski definition) is 0. The molecular weight excluding hydrogens is 321 g/mol. The summed E-state index contributed by atoms with van der Waals surface area (Å²) in [5.74, 6) is -1.25. The number of carboxylic acid groups (broad SMARTS) is 1. The van der Waals surface area contributed by atoms with Crippen molar-refractivity contribution < 1.29 is 9.90 Å². The predicted molar refractivity (Wildman–Crippen MR) is 86.3 cm³/mol. The normalized spacial score (nSPS) is 10.9. The number of aromatic nitrogens is 1. The van der Waals surface area contributed by atoms with E-state index in [0.29, 0.717) is 32.2 Å². The third-order valence-electron chi connectivity index (χ3n) is 3.49. The van der Waals surface area contributed by atoms with Gasteiger partial charge in [-0.3, -0.25) is 0 Å². The van der Waals surface area contributed by atoms with Crippen LogP contribution in [0.5, 0.6) is 0 Å². The van der Waals surface area contributed by atoms with Gasteiger partial charge in [-0.2, -0.15) is 0 Å². The highest BCUT2D eigenvalue weighted by molar-refractivity contribution is 6.31. The molecule has 0 atom stereocenters. The van der Waals surface area contributed by atoms with Gasteiger partial charge in [0.15, 0.2) is 0 Å². The van der Waals surface area contributed by atoms with Crippen LogP contribution in [0.3, 0.4) is 0 Å². The molecule has 1 aromatic heterocycles. The second-order valence-corrected chi connectivity index (χ2v) is 5.79. The Kier molecular flexibility index (Phi) is 3.77. The Morgan fingerprint density at radius 1 is 1.09 bits per heavy atom. The maximum absolute atomic E-state index is 11.6. The average molecular weight is 331 g/mol. The van der Waals surface area contributed by atoms with Crippen LogP contribution in [0.4, 0.5) is 0 Å². The second kappa shape index (κ2) is 5.59. The minimum absolute atomic E-state index is 0.0995. The summed E-state index contributed by atoms with van der Waals surface area (Å²) in [6, 6.07) is 12.1.